The maximum absolute atomic E-state index is 12.4. The van der Waals surface area contributed by atoms with Crippen LogP contribution in [0.25, 0.3) is 6.08 Å². The van der Waals surface area contributed by atoms with Crippen molar-refractivity contribution >= 4 is 12.0 Å². The molecule has 5 heteroatoms. The molecule has 122 valence electrons. The van der Waals surface area contributed by atoms with Crippen LogP contribution in [0.2, 0.25) is 0 Å². The molecule has 0 spiro atoms. The first-order valence-electron chi connectivity index (χ1n) is 7.89. The van der Waals surface area contributed by atoms with Crippen molar-refractivity contribution < 1.29 is 19.0 Å². The van der Waals surface area contributed by atoms with Gasteiger partial charge in [0, 0.05) is 12.1 Å². The molecule has 0 saturated heterocycles. The summed E-state index contributed by atoms with van der Waals surface area (Å²) in [4.78, 5) is 12.4. The number of benzene rings is 2. The minimum Gasteiger partial charge on any atom is -0.488 e. The van der Waals surface area contributed by atoms with Crippen LogP contribution in [-0.2, 0) is 11.3 Å². The number of ether oxygens (including phenoxy) is 3. The van der Waals surface area contributed by atoms with Crippen molar-refractivity contribution in [1.82, 2.24) is 5.32 Å². The Morgan fingerprint density at radius 1 is 0.958 bits per heavy atom. The lowest BCUT2D eigenvalue weighted by Crippen LogP contribution is -2.28. The van der Waals surface area contributed by atoms with Crippen LogP contribution in [-0.4, -0.2) is 25.7 Å². The average Bonchev–Trinajstić information content (AvgIpc) is 2.65. The maximum Gasteiger partial charge on any atom is 0.250 e. The minimum absolute atomic E-state index is 0.126. The molecule has 4 rings (SSSR count). The highest BCUT2D eigenvalue weighted by atomic mass is 16.6. The number of rotatable bonds is 3. The van der Waals surface area contributed by atoms with E-state index in [0.29, 0.717) is 25.3 Å². The summed E-state index contributed by atoms with van der Waals surface area (Å²) >= 11 is 0. The lowest BCUT2D eigenvalue weighted by Gasteiger charge is -2.19. The normalized spacial score (nSPS) is 14.9. The van der Waals surface area contributed by atoms with E-state index in [1.807, 2.05) is 48.5 Å². The van der Waals surface area contributed by atoms with Crippen molar-refractivity contribution in [2.75, 3.05) is 19.8 Å². The molecule has 2 aromatic rings. The molecular weight excluding hydrogens is 306 g/mol. The quantitative estimate of drug-likeness (QED) is 0.943. The van der Waals surface area contributed by atoms with Crippen LogP contribution in [0, 0.1) is 0 Å². The molecule has 0 bridgehead atoms. The van der Waals surface area contributed by atoms with E-state index in [0.717, 1.165) is 28.4 Å². The van der Waals surface area contributed by atoms with Crippen molar-refractivity contribution in [2.24, 2.45) is 0 Å². The number of nitrogens with one attached hydrogen (secondary N) is 1. The molecule has 0 radical (unpaired) electrons. The van der Waals surface area contributed by atoms with Gasteiger partial charge in [0.1, 0.15) is 25.6 Å². The molecule has 0 aliphatic carbocycles. The fourth-order valence-corrected chi connectivity index (χ4v) is 2.74. The monoisotopic (exact) mass is 323 g/mol. The number of hydrogen-bond donors (Lipinski definition) is 1. The molecule has 2 heterocycles. The highest BCUT2D eigenvalue weighted by Gasteiger charge is 2.17. The van der Waals surface area contributed by atoms with Gasteiger partial charge in [-0.3, -0.25) is 4.79 Å². The highest BCUT2D eigenvalue weighted by Crippen LogP contribution is 2.30. The minimum atomic E-state index is -0.126. The van der Waals surface area contributed by atoms with E-state index in [4.69, 9.17) is 14.2 Å². The molecule has 0 unspecified atom stereocenters. The van der Waals surface area contributed by atoms with Crippen LogP contribution in [0.3, 0.4) is 0 Å². The summed E-state index contributed by atoms with van der Waals surface area (Å²) in [5.41, 5.74) is 2.50. The van der Waals surface area contributed by atoms with E-state index >= 15 is 0 Å². The first kappa shape index (κ1) is 14.6. The van der Waals surface area contributed by atoms with E-state index in [1.54, 1.807) is 0 Å². The number of carbonyl (C=O) groups is 1. The summed E-state index contributed by atoms with van der Waals surface area (Å²) in [6.45, 7) is 1.82. The van der Waals surface area contributed by atoms with Gasteiger partial charge in [-0.1, -0.05) is 24.3 Å². The van der Waals surface area contributed by atoms with Gasteiger partial charge in [0.2, 0.25) is 0 Å². The van der Waals surface area contributed by atoms with Gasteiger partial charge in [-0.05, 0) is 29.8 Å². The molecule has 2 aliphatic rings. The Morgan fingerprint density at radius 2 is 1.79 bits per heavy atom. The van der Waals surface area contributed by atoms with Crippen LogP contribution >= 0.6 is 0 Å². The zero-order valence-corrected chi connectivity index (χ0v) is 13.1. The fraction of sp³-hybridized carbons (Fsp3) is 0.211. The molecule has 0 saturated carbocycles. The van der Waals surface area contributed by atoms with Crippen molar-refractivity contribution in [3.8, 4) is 17.2 Å². The summed E-state index contributed by atoms with van der Waals surface area (Å²) in [6, 6.07) is 13.4. The van der Waals surface area contributed by atoms with Gasteiger partial charge in [-0.25, -0.2) is 0 Å². The molecule has 0 atom stereocenters. The molecule has 2 aromatic carbocycles. The van der Waals surface area contributed by atoms with Gasteiger partial charge in [0.05, 0.1) is 5.57 Å². The molecule has 0 fully saturated rings. The Labute approximate surface area is 139 Å². The van der Waals surface area contributed by atoms with E-state index in [-0.39, 0.29) is 12.5 Å². The highest BCUT2D eigenvalue weighted by molar-refractivity contribution is 5.99. The van der Waals surface area contributed by atoms with Gasteiger partial charge in [0.25, 0.3) is 5.91 Å². The Bertz CT molecular complexity index is 813. The van der Waals surface area contributed by atoms with Crippen molar-refractivity contribution in [3.05, 3.63) is 59.2 Å². The second-order valence-corrected chi connectivity index (χ2v) is 5.66. The Morgan fingerprint density at radius 3 is 2.71 bits per heavy atom. The van der Waals surface area contributed by atoms with Crippen LogP contribution in [0.15, 0.2) is 48.0 Å². The average molecular weight is 323 g/mol. The Balaban J connectivity index is 1.43. The third kappa shape index (κ3) is 2.93. The lowest BCUT2D eigenvalue weighted by molar-refractivity contribution is -0.117. The van der Waals surface area contributed by atoms with Gasteiger partial charge in [-0.15, -0.1) is 0 Å². The van der Waals surface area contributed by atoms with Crippen LogP contribution in [0.5, 0.6) is 17.2 Å². The molecule has 5 nitrogen and oxygen atoms in total. The predicted molar refractivity (Wildman–Crippen MR) is 89.2 cm³/mol. The van der Waals surface area contributed by atoms with Gasteiger partial charge < -0.3 is 19.5 Å². The van der Waals surface area contributed by atoms with Crippen LogP contribution in [0.4, 0.5) is 0 Å². The largest absolute Gasteiger partial charge is 0.488 e. The molecule has 2 aliphatic heterocycles. The smallest absolute Gasteiger partial charge is 0.250 e. The van der Waals surface area contributed by atoms with E-state index in [1.165, 1.54) is 0 Å². The molecule has 24 heavy (non-hydrogen) atoms. The molecule has 0 aromatic heterocycles. The van der Waals surface area contributed by atoms with Crippen LogP contribution in [0.1, 0.15) is 11.1 Å². The second-order valence-electron chi connectivity index (χ2n) is 5.66. The van der Waals surface area contributed by atoms with E-state index in [9.17, 15) is 4.79 Å². The van der Waals surface area contributed by atoms with Gasteiger partial charge in [0.15, 0.2) is 11.5 Å². The number of fused-ring (bicyclic) bond motifs is 2. The summed E-state index contributed by atoms with van der Waals surface area (Å²) in [5, 5.41) is 2.92. The first-order chi connectivity index (χ1) is 11.8. The number of carbonyl (C=O) groups excluding carboxylic acids is 1. The molecule has 1 amide bonds. The standard InChI is InChI=1S/C19H17NO4/c21-19(15-10-14-3-1-2-4-16(14)24-12-15)20-11-13-5-6-17-18(9-13)23-8-7-22-17/h1-6,9-10H,7-8,11-12H2,(H,20,21). The van der Waals surface area contributed by atoms with Gasteiger partial charge >= 0.3 is 0 Å². The van der Waals surface area contributed by atoms with Crippen molar-refractivity contribution in [1.29, 1.82) is 0 Å². The second kappa shape index (κ2) is 6.28. The lowest BCUT2D eigenvalue weighted by atomic mass is 10.1. The summed E-state index contributed by atoms with van der Waals surface area (Å²) in [6.07, 6.45) is 1.87. The summed E-state index contributed by atoms with van der Waals surface area (Å²) in [7, 11) is 0. The van der Waals surface area contributed by atoms with Crippen molar-refractivity contribution in [3.63, 3.8) is 0 Å². The van der Waals surface area contributed by atoms with Crippen LogP contribution < -0.4 is 19.5 Å². The van der Waals surface area contributed by atoms with Gasteiger partial charge in [-0.2, -0.15) is 0 Å². The molecule has 1 N–H and O–H groups in total. The summed E-state index contributed by atoms with van der Waals surface area (Å²) < 4.78 is 16.7. The topological polar surface area (TPSA) is 56.8 Å². The predicted octanol–water partition coefficient (Wildman–Crippen LogP) is 2.55. The Hall–Kier alpha value is -2.95. The SMILES string of the molecule is O=C(NCc1ccc2c(c1)OCCO2)C1=Cc2ccccc2OC1. The first-order valence-corrected chi connectivity index (χ1v) is 7.89. The van der Waals surface area contributed by atoms with E-state index < -0.39 is 0 Å². The number of hydrogen-bond acceptors (Lipinski definition) is 4. The summed E-state index contributed by atoms with van der Waals surface area (Å²) in [5.74, 6) is 2.15. The zero-order valence-electron chi connectivity index (χ0n) is 13.1. The fourth-order valence-electron chi connectivity index (χ4n) is 2.74. The third-order valence-electron chi connectivity index (χ3n) is 3.98. The zero-order chi connectivity index (χ0) is 16.4. The number of para-hydroxylation sites is 1. The van der Waals surface area contributed by atoms with E-state index in [2.05, 4.69) is 5.32 Å². The third-order valence-corrected chi connectivity index (χ3v) is 3.98. The van der Waals surface area contributed by atoms with Crippen molar-refractivity contribution in [2.45, 2.75) is 6.54 Å². The molecular formula is C19H17NO4. The maximum atomic E-state index is 12.4. The Kier molecular flexibility index (Phi) is 3.83. The number of amides is 1.